The molecule has 108 valence electrons. The number of carbonyl (C=O) groups is 1. The molecule has 1 aliphatic carbocycles. The molecule has 2 aromatic rings. The normalized spacial score (nSPS) is 16.6. The number of carbonyl (C=O) groups excluding carboxylic acids is 1. The van der Waals surface area contributed by atoms with Crippen molar-refractivity contribution < 1.29 is 9.18 Å². The van der Waals surface area contributed by atoms with Gasteiger partial charge in [0.1, 0.15) is 5.82 Å². The zero-order valence-electron chi connectivity index (χ0n) is 12.1. The van der Waals surface area contributed by atoms with Crippen molar-refractivity contribution in [3.63, 3.8) is 0 Å². The third-order valence-corrected chi connectivity index (χ3v) is 4.10. The minimum atomic E-state index is -0.242. The molecule has 0 aliphatic heterocycles. The second-order valence-corrected chi connectivity index (χ2v) is 5.51. The number of hydrogen-bond acceptors (Lipinski definition) is 2. The van der Waals surface area contributed by atoms with E-state index in [1.54, 1.807) is 12.3 Å². The van der Waals surface area contributed by atoms with Crippen LogP contribution in [0.2, 0.25) is 0 Å². The molecule has 1 atom stereocenters. The van der Waals surface area contributed by atoms with Gasteiger partial charge in [-0.25, -0.2) is 4.39 Å². The van der Waals surface area contributed by atoms with Crippen molar-refractivity contribution in [1.82, 2.24) is 4.98 Å². The number of hydrogen-bond donors (Lipinski definition) is 1. The molecule has 0 bridgehead atoms. The van der Waals surface area contributed by atoms with Gasteiger partial charge in [0.25, 0.3) is 0 Å². The highest BCUT2D eigenvalue weighted by molar-refractivity contribution is 5.97. The molecule has 1 N–H and O–H groups in total. The summed E-state index contributed by atoms with van der Waals surface area (Å²) in [6, 6.07) is 6.56. The standard InChI is InChI=1S/C17H17FN2O/c1-10-7-8-19-11(2)16(10)20-17(21)15-5-3-12-9-13(18)4-6-14(12)15/h4,6-9,15H,3,5H2,1-2H3,(H,20,21). The number of halogens is 1. The lowest BCUT2D eigenvalue weighted by atomic mass is 10.00. The van der Waals surface area contributed by atoms with Crippen LogP contribution in [0.5, 0.6) is 0 Å². The second-order valence-electron chi connectivity index (χ2n) is 5.51. The number of fused-ring (bicyclic) bond motifs is 1. The number of benzene rings is 1. The van der Waals surface area contributed by atoms with Crippen molar-refractivity contribution >= 4 is 11.6 Å². The first kappa shape index (κ1) is 13.7. The number of nitrogens with one attached hydrogen (secondary N) is 1. The fourth-order valence-electron chi connectivity index (χ4n) is 2.95. The minimum Gasteiger partial charge on any atom is -0.324 e. The molecule has 3 rings (SSSR count). The monoisotopic (exact) mass is 284 g/mol. The van der Waals surface area contributed by atoms with Crippen molar-refractivity contribution in [3.8, 4) is 0 Å². The highest BCUT2D eigenvalue weighted by atomic mass is 19.1. The minimum absolute atomic E-state index is 0.0421. The van der Waals surface area contributed by atoms with Crippen LogP contribution in [0.4, 0.5) is 10.1 Å². The fraction of sp³-hybridized carbons (Fsp3) is 0.294. The van der Waals surface area contributed by atoms with Crippen LogP contribution in [0.15, 0.2) is 30.5 Å². The van der Waals surface area contributed by atoms with E-state index in [4.69, 9.17) is 0 Å². The van der Waals surface area contributed by atoms with E-state index in [2.05, 4.69) is 10.3 Å². The maximum absolute atomic E-state index is 13.2. The number of nitrogens with zero attached hydrogens (tertiary/aromatic N) is 1. The van der Waals surface area contributed by atoms with E-state index < -0.39 is 0 Å². The Morgan fingerprint density at radius 2 is 2.14 bits per heavy atom. The molecule has 4 heteroatoms. The molecule has 0 fully saturated rings. The smallest absolute Gasteiger partial charge is 0.231 e. The zero-order valence-corrected chi connectivity index (χ0v) is 12.1. The molecule has 0 radical (unpaired) electrons. The van der Waals surface area contributed by atoms with Crippen molar-refractivity contribution in [2.75, 3.05) is 5.32 Å². The van der Waals surface area contributed by atoms with E-state index in [1.165, 1.54) is 12.1 Å². The van der Waals surface area contributed by atoms with E-state index >= 15 is 0 Å². The summed E-state index contributed by atoms with van der Waals surface area (Å²) in [5.41, 5.74) is 4.45. The van der Waals surface area contributed by atoms with Gasteiger partial charge in [-0.3, -0.25) is 9.78 Å². The highest BCUT2D eigenvalue weighted by Gasteiger charge is 2.29. The first-order chi connectivity index (χ1) is 10.1. The third-order valence-electron chi connectivity index (χ3n) is 4.10. The van der Waals surface area contributed by atoms with Crippen molar-refractivity contribution in [2.24, 2.45) is 0 Å². The van der Waals surface area contributed by atoms with Crippen LogP contribution >= 0.6 is 0 Å². The summed E-state index contributed by atoms with van der Waals surface area (Å²) in [4.78, 5) is 16.7. The van der Waals surface area contributed by atoms with Crippen LogP contribution in [0.1, 0.15) is 34.7 Å². The first-order valence-electron chi connectivity index (χ1n) is 7.07. The number of anilines is 1. The number of aryl methyl sites for hydroxylation is 3. The maximum atomic E-state index is 13.2. The Morgan fingerprint density at radius 1 is 1.33 bits per heavy atom. The summed E-state index contributed by atoms with van der Waals surface area (Å²) >= 11 is 0. The van der Waals surface area contributed by atoms with E-state index in [9.17, 15) is 9.18 Å². The van der Waals surface area contributed by atoms with Gasteiger partial charge in [0, 0.05) is 6.20 Å². The summed E-state index contributed by atoms with van der Waals surface area (Å²) in [7, 11) is 0. The van der Waals surface area contributed by atoms with Gasteiger partial charge in [-0.15, -0.1) is 0 Å². The molecular weight excluding hydrogens is 267 g/mol. The number of aromatic nitrogens is 1. The summed E-state index contributed by atoms with van der Waals surface area (Å²) in [6.07, 6.45) is 3.20. The van der Waals surface area contributed by atoms with Gasteiger partial charge in [-0.2, -0.15) is 0 Å². The molecule has 1 aromatic heterocycles. The van der Waals surface area contributed by atoms with Gasteiger partial charge < -0.3 is 5.32 Å². The fourth-order valence-corrected chi connectivity index (χ4v) is 2.95. The van der Waals surface area contributed by atoms with Gasteiger partial charge in [0.15, 0.2) is 0 Å². The topological polar surface area (TPSA) is 42.0 Å². The maximum Gasteiger partial charge on any atom is 0.231 e. The summed E-state index contributed by atoms with van der Waals surface area (Å²) in [6.45, 7) is 3.82. The average molecular weight is 284 g/mol. The van der Waals surface area contributed by atoms with Crippen LogP contribution < -0.4 is 5.32 Å². The predicted molar refractivity (Wildman–Crippen MR) is 79.8 cm³/mol. The number of pyridine rings is 1. The predicted octanol–water partition coefficient (Wildman–Crippen LogP) is 3.51. The number of amides is 1. The van der Waals surface area contributed by atoms with Crippen molar-refractivity contribution in [3.05, 3.63) is 58.7 Å². The molecule has 21 heavy (non-hydrogen) atoms. The van der Waals surface area contributed by atoms with Gasteiger partial charge in [0.05, 0.1) is 17.3 Å². The average Bonchev–Trinajstić information content (AvgIpc) is 2.85. The Morgan fingerprint density at radius 3 is 2.90 bits per heavy atom. The van der Waals surface area contributed by atoms with E-state index in [0.29, 0.717) is 0 Å². The molecule has 0 saturated heterocycles. The van der Waals surface area contributed by atoms with E-state index in [0.717, 1.165) is 40.9 Å². The Labute approximate surface area is 123 Å². The van der Waals surface area contributed by atoms with Crippen LogP contribution in [-0.2, 0) is 11.2 Å². The zero-order chi connectivity index (χ0) is 15.0. The van der Waals surface area contributed by atoms with Gasteiger partial charge in [0.2, 0.25) is 5.91 Å². The molecular formula is C17H17FN2O. The summed E-state index contributed by atoms with van der Waals surface area (Å²) in [5.74, 6) is -0.493. The molecule has 1 aromatic carbocycles. The van der Waals surface area contributed by atoms with Gasteiger partial charge in [-0.05, 0) is 61.6 Å². The molecule has 1 heterocycles. The Balaban J connectivity index is 1.85. The largest absolute Gasteiger partial charge is 0.324 e. The quantitative estimate of drug-likeness (QED) is 0.917. The van der Waals surface area contributed by atoms with Crippen molar-refractivity contribution in [1.29, 1.82) is 0 Å². The van der Waals surface area contributed by atoms with Crippen LogP contribution in [0, 0.1) is 19.7 Å². The summed E-state index contributed by atoms with van der Waals surface area (Å²) in [5, 5.41) is 2.98. The third kappa shape index (κ3) is 2.53. The molecule has 1 amide bonds. The van der Waals surface area contributed by atoms with E-state index in [-0.39, 0.29) is 17.6 Å². The Hall–Kier alpha value is -2.23. The van der Waals surface area contributed by atoms with Crippen LogP contribution in [0.3, 0.4) is 0 Å². The van der Waals surface area contributed by atoms with Crippen LogP contribution in [-0.4, -0.2) is 10.9 Å². The van der Waals surface area contributed by atoms with E-state index in [1.807, 2.05) is 19.9 Å². The molecule has 0 spiro atoms. The lowest BCUT2D eigenvalue weighted by Gasteiger charge is -2.15. The highest BCUT2D eigenvalue weighted by Crippen LogP contribution is 2.34. The molecule has 3 nitrogen and oxygen atoms in total. The van der Waals surface area contributed by atoms with Crippen LogP contribution in [0.25, 0.3) is 0 Å². The Bertz CT molecular complexity index is 692. The second kappa shape index (κ2) is 5.28. The molecule has 1 aliphatic rings. The van der Waals surface area contributed by atoms with Crippen molar-refractivity contribution in [2.45, 2.75) is 32.6 Å². The summed E-state index contributed by atoms with van der Waals surface area (Å²) < 4.78 is 13.2. The Kier molecular flexibility index (Phi) is 3.45. The SMILES string of the molecule is Cc1ccnc(C)c1NC(=O)C1CCc2cc(F)ccc21. The molecule has 0 saturated carbocycles. The van der Waals surface area contributed by atoms with Gasteiger partial charge in [-0.1, -0.05) is 6.07 Å². The number of rotatable bonds is 2. The lowest BCUT2D eigenvalue weighted by Crippen LogP contribution is -2.20. The first-order valence-corrected chi connectivity index (χ1v) is 7.07. The lowest BCUT2D eigenvalue weighted by molar-refractivity contribution is -0.117. The van der Waals surface area contributed by atoms with Gasteiger partial charge >= 0.3 is 0 Å². The molecule has 1 unspecified atom stereocenters.